The molecule has 1 saturated carbocycles. The maximum absolute atomic E-state index is 14.4. The van der Waals surface area contributed by atoms with Gasteiger partial charge in [0.25, 0.3) is 0 Å². The summed E-state index contributed by atoms with van der Waals surface area (Å²) >= 11 is 0. The Morgan fingerprint density at radius 1 is 0.600 bits per heavy atom. The van der Waals surface area contributed by atoms with Crippen molar-refractivity contribution >= 4 is 59.1 Å². The van der Waals surface area contributed by atoms with E-state index in [1.807, 2.05) is 0 Å². The van der Waals surface area contributed by atoms with Crippen molar-refractivity contribution in [1.82, 2.24) is 53.2 Å². The van der Waals surface area contributed by atoms with E-state index in [9.17, 15) is 58.2 Å². The highest BCUT2D eigenvalue weighted by Gasteiger charge is 2.37. The summed E-state index contributed by atoms with van der Waals surface area (Å²) in [5.41, 5.74) is 24.1. The molecule has 26 heteroatoms. The van der Waals surface area contributed by atoms with E-state index in [-0.39, 0.29) is 70.6 Å². The number of nitrogens with two attached hydrogens (primary N) is 4. The molecule has 0 bridgehead atoms. The SMILES string of the molecule is CC(C)C[C@@H]1NC(=O)[C@@H](Cc2ccccc2)NC(=O)[C@H](CCN)NC(=O)[C@@H](NC(=O)[C@H](CCN)NC(=O)[C@H](C)NC(=O)C2CCC(O)CC2)CCNC(=O)[C@H](C(C)O)NC(=O)[C@H](CCN)NC(=O)[C@H](CCN)NC1=O. The van der Waals surface area contributed by atoms with Gasteiger partial charge in [0.1, 0.15) is 54.4 Å². The van der Waals surface area contributed by atoms with Crippen molar-refractivity contribution in [2.24, 2.45) is 34.8 Å². The van der Waals surface area contributed by atoms with E-state index in [4.69, 9.17) is 22.9 Å². The fourth-order valence-corrected chi connectivity index (χ4v) is 8.55. The van der Waals surface area contributed by atoms with E-state index in [1.165, 1.54) is 13.8 Å². The Balaban J connectivity index is 2.07. The lowest BCUT2D eigenvalue weighted by Gasteiger charge is -2.28. The molecular weight excluding hydrogens is 977 g/mol. The van der Waals surface area contributed by atoms with Crippen LogP contribution in [0.3, 0.4) is 0 Å². The number of carbonyl (C=O) groups is 10. The van der Waals surface area contributed by atoms with Crippen molar-refractivity contribution in [3.8, 4) is 0 Å². The Morgan fingerprint density at radius 3 is 1.61 bits per heavy atom. The highest BCUT2D eigenvalue weighted by Crippen LogP contribution is 2.24. The van der Waals surface area contributed by atoms with Crippen LogP contribution in [0.15, 0.2) is 30.3 Å². The summed E-state index contributed by atoms with van der Waals surface area (Å²) in [5.74, 6) is -8.80. The minimum Gasteiger partial charge on any atom is -0.393 e. The van der Waals surface area contributed by atoms with E-state index >= 15 is 0 Å². The largest absolute Gasteiger partial charge is 0.393 e. The quantitative estimate of drug-likeness (QED) is 0.0615. The minimum absolute atomic E-state index is 0.0682. The van der Waals surface area contributed by atoms with Gasteiger partial charge in [0.2, 0.25) is 59.1 Å². The normalized spacial score (nSPS) is 26.3. The Morgan fingerprint density at radius 2 is 1.09 bits per heavy atom. The lowest BCUT2D eigenvalue weighted by molar-refractivity contribution is -0.136. The van der Waals surface area contributed by atoms with Crippen LogP contribution in [-0.4, -0.2) is 169 Å². The van der Waals surface area contributed by atoms with Gasteiger partial charge in [-0.1, -0.05) is 44.2 Å². The first-order chi connectivity index (χ1) is 35.6. The molecule has 1 saturated heterocycles. The topological polar surface area (TPSA) is 436 Å². The summed E-state index contributed by atoms with van der Waals surface area (Å²) < 4.78 is 0. The number of hydrogen-bond acceptors (Lipinski definition) is 16. The minimum atomic E-state index is -1.64. The fourth-order valence-electron chi connectivity index (χ4n) is 8.55. The van der Waals surface area contributed by atoms with Gasteiger partial charge in [-0.15, -0.1) is 0 Å². The lowest BCUT2D eigenvalue weighted by Crippen LogP contribution is -2.61. The van der Waals surface area contributed by atoms with Crippen LogP contribution in [-0.2, 0) is 54.4 Å². The number of hydrogen-bond donors (Lipinski definition) is 16. The Bertz CT molecular complexity index is 2080. The number of aliphatic hydroxyl groups excluding tert-OH is 2. The van der Waals surface area contributed by atoms with Crippen molar-refractivity contribution in [3.05, 3.63) is 35.9 Å². The van der Waals surface area contributed by atoms with Gasteiger partial charge < -0.3 is 86.3 Å². The summed E-state index contributed by atoms with van der Waals surface area (Å²) in [7, 11) is 0. The number of carbonyl (C=O) groups excluding carboxylic acids is 10. The van der Waals surface area contributed by atoms with Crippen molar-refractivity contribution in [2.45, 2.75) is 165 Å². The molecule has 2 fully saturated rings. The van der Waals surface area contributed by atoms with Gasteiger partial charge in [0.15, 0.2) is 0 Å². The molecule has 3 rings (SSSR count). The molecule has 1 aliphatic heterocycles. The highest BCUT2D eigenvalue weighted by molar-refractivity contribution is 5.99. The Kier molecular flexibility index (Phi) is 27.0. The fraction of sp³-hybridized carbons (Fsp3) is 0.673. The molecule has 26 nitrogen and oxygen atoms in total. The lowest BCUT2D eigenvalue weighted by atomic mass is 9.87. The third-order valence-electron chi connectivity index (χ3n) is 12.9. The molecule has 2 aliphatic rings. The maximum Gasteiger partial charge on any atom is 0.245 e. The van der Waals surface area contributed by atoms with E-state index in [0.29, 0.717) is 31.2 Å². The summed E-state index contributed by atoms with van der Waals surface area (Å²) in [6.07, 6.45) is -1.29. The first kappa shape index (κ1) is 63.0. The molecule has 1 aromatic rings. The van der Waals surface area contributed by atoms with Gasteiger partial charge in [-0.05, 0) is 116 Å². The number of aliphatic hydroxyl groups is 2. The molecule has 10 amide bonds. The molecule has 1 unspecified atom stereocenters. The van der Waals surface area contributed by atoms with Crippen molar-refractivity contribution < 1.29 is 58.2 Å². The average molecular weight is 1060 g/mol. The summed E-state index contributed by atoms with van der Waals surface area (Å²) in [5, 5.41) is 46.5. The van der Waals surface area contributed by atoms with Crippen LogP contribution in [0.2, 0.25) is 0 Å². The van der Waals surface area contributed by atoms with Gasteiger partial charge >= 0.3 is 0 Å². The summed E-state index contributed by atoms with van der Waals surface area (Å²) in [6.45, 7) is 5.34. The zero-order valence-corrected chi connectivity index (χ0v) is 43.5. The van der Waals surface area contributed by atoms with Gasteiger partial charge in [-0.25, -0.2) is 0 Å². The third-order valence-corrected chi connectivity index (χ3v) is 12.9. The van der Waals surface area contributed by atoms with Gasteiger partial charge in [-0.3, -0.25) is 47.9 Å². The number of rotatable bonds is 19. The van der Waals surface area contributed by atoms with Crippen LogP contribution >= 0.6 is 0 Å². The second kappa shape index (κ2) is 32.2. The standard InChI is InChI=1S/C49H82N14O12/c1-26(2)24-37-47(73)59-33(15-20-51)43(69)58-35(17-22-53)46(72)63-39(28(4)64)49(75)54-23-18-36(45(71)57-34(16-21-52)44(70)62-38(48(74)61-37)25-29-8-6-5-7-9-29)60-42(68)32(14-19-50)56-40(66)27(3)55-41(67)30-10-12-31(65)13-11-30/h5-9,26-28,30-39,64-65H,10-25,50-53H2,1-4H3,(H,54,75)(H,55,67)(H,56,66)(H,57,71)(H,58,69)(H,59,73)(H,60,68)(H,61,74)(H,62,70)(H,63,72)/t27-,28?,30?,31?,32-,33-,34-,35-,36-,37-,38+,39-/m0/s1. The smallest absolute Gasteiger partial charge is 0.245 e. The predicted octanol–water partition coefficient (Wildman–Crippen LogP) is -5.49. The van der Waals surface area contributed by atoms with Crippen LogP contribution in [0.4, 0.5) is 0 Å². The number of amides is 10. The van der Waals surface area contributed by atoms with E-state index in [1.54, 1.807) is 44.2 Å². The van der Waals surface area contributed by atoms with E-state index in [0.717, 1.165) is 0 Å². The first-order valence-electron chi connectivity index (χ1n) is 25.8. The Hall–Kier alpha value is -6.32. The maximum atomic E-state index is 14.4. The molecule has 1 aromatic carbocycles. The van der Waals surface area contributed by atoms with Crippen LogP contribution in [0.1, 0.15) is 97.5 Å². The molecule has 0 spiro atoms. The first-order valence-corrected chi connectivity index (χ1v) is 25.8. The van der Waals surface area contributed by atoms with Crippen LogP contribution in [0, 0.1) is 11.8 Å². The molecule has 75 heavy (non-hydrogen) atoms. The summed E-state index contributed by atoms with van der Waals surface area (Å²) in [4.78, 5) is 139. The zero-order valence-electron chi connectivity index (χ0n) is 43.5. The zero-order chi connectivity index (χ0) is 55.8. The van der Waals surface area contributed by atoms with E-state index in [2.05, 4.69) is 53.2 Å². The molecule has 10 atom stereocenters. The molecule has 420 valence electrons. The highest BCUT2D eigenvalue weighted by atomic mass is 16.3. The number of benzene rings is 1. The van der Waals surface area contributed by atoms with Crippen LogP contribution in [0.25, 0.3) is 0 Å². The predicted molar refractivity (Wildman–Crippen MR) is 275 cm³/mol. The monoisotopic (exact) mass is 1060 g/mol. The second-order valence-corrected chi connectivity index (χ2v) is 19.6. The van der Waals surface area contributed by atoms with Crippen molar-refractivity contribution in [1.29, 1.82) is 0 Å². The molecule has 0 aromatic heterocycles. The van der Waals surface area contributed by atoms with Gasteiger partial charge in [0, 0.05) is 18.9 Å². The molecule has 1 aliphatic carbocycles. The molecule has 20 N–H and O–H groups in total. The molecule has 0 radical (unpaired) electrons. The van der Waals surface area contributed by atoms with E-state index < -0.39 is 145 Å². The van der Waals surface area contributed by atoms with Gasteiger partial charge in [-0.2, -0.15) is 0 Å². The summed E-state index contributed by atoms with van der Waals surface area (Å²) in [6, 6.07) is -3.87. The molecule has 1 heterocycles. The van der Waals surface area contributed by atoms with Crippen molar-refractivity contribution in [3.63, 3.8) is 0 Å². The third kappa shape index (κ3) is 21.1. The van der Waals surface area contributed by atoms with Crippen LogP contribution in [0.5, 0.6) is 0 Å². The van der Waals surface area contributed by atoms with Crippen LogP contribution < -0.4 is 76.1 Å². The molecular formula is C49H82N14O12. The van der Waals surface area contributed by atoms with Crippen molar-refractivity contribution in [2.75, 3.05) is 32.7 Å². The Labute approximate surface area is 437 Å². The second-order valence-electron chi connectivity index (χ2n) is 19.6. The van der Waals surface area contributed by atoms with Gasteiger partial charge in [0.05, 0.1) is 12.2 Å². The average Bonchev–Trinajstić information content (AvgIpc) is 3.36. The number of nitrogens with one attached hydrogen (secondary N) is 10.